The maximum absolute atomic E-state index is 11.8. The summed E-state index contributed by atoms with van der Waals surface area (Å²) in [6, 6.07) is 11.9. The average molecular weight is 199 g/mol. The van der Waals surface area contributed by atoms with Crippen molar-refractivity contribution < 1.29 is 4.79 Å². The van der Waals surface area contributed by atoms with Gasteiger partial charge in [0.25, 0.3) is 5.56 Å². The number of aromatic amines is 1. The Labute approximate surface area is 86.4 Å². The standard InChI is InChI=1S/C12H9NO2/c14-11(9-5-2-1-3-6-9)10-7-4-8-13-12(10)15/h1-8H,(H,13,15). The minimum absolute atomic E-state index is 0.170. The number of ketones is 1. The molecule has 1 aromatic heterocycles. The minimum Gasteiger partial charge on any atom is -0.328 e. The summed E-state index contributed by atoms with van der Waals surface area (Å²) in [7, 11) is 0. The number of benzene rings is 1. The van der Waals surface area contributed by atoms with Crippen LogP contribution in [0.25, 0.3) is 0 Å². The summed E-state index contributed by atoms with van der Waals surface area (Å²) in [5.74, 6) is -0.252. The maximum Gasteiger partial charge on any atom is 0.259 e. The molecule has 0 aliphatic rings. The molecule has 1 N–H and O–H groups in total. The van der Waals surface area contributed by atoms with E-state index >= 15 is 0 Å². The number of hydrogen-bond donors (Lipinski definition) is 1. The molecular formula is C12H9NO2. The number of carbonyl (C=O) groups excluding carboxylic acids is 1. The van der Waals surface area contributed by atoms with Gasteiger partial charge in [0.2, 0.25) is 0 Å². The molecule has 74 valence electrons. The molecule has 0 saturated carbocycles. The Bertz CT molecular complexity index is 529. The van der Waals surface area contributed by atoms with Crippen LogP contribution in [0.2, 0.25) is 0 Å². The highest BCUT2D eigenvalue weighted by molar-refractivity contribution is 6.08. The van der Waals surface area contributed by atoms with E-state index in [0.717, 1.165) is 0 Å². The highest BCUT2D eigenvalue weighted by Gasteiger charge is 2.11. The molecule has 15 heavy (non-hydrogen) atoms. The lowest BCUT2D eigenvalue weighted by atomic mass is 10.1. The zero-order valence-corrected chi connectivity index (χ0v) is 7.94. The Balaban J connectivity index is 2.47. The number of aromatic nitrogens is 1. The highest BCUT2D eigenvalue weighted by atomic mass is 16.1. The first-order chi connectivity index (χ1) is 7.29. The van der Waals surface area contributed by atoms with Gasteiger partial charge in [0.05, 0.1) is 5.56 Å². The Morgan fingerprint density at radius 1 is 1.00 bits per heavy atom. The number of H-pyrrole nitrogens is 1. The molecule has 0 aliphatic carbocycles. The van der Waals surface area contributed by atoms with Crippen LogP contribution in [0.5, 0.6) is 0 Å². The Kier molecular flexibility index (Phi) is 2.46. The third kappa shape index (κ3) is 1.86. The van der Waals surface area contributed by atoms with Gasteiger partial charge >= 0.3 is 0 Å². The Morgan fingerprint density at radius 2 is 1.73 bits per heavy atom. The molecule has 0 atom stereocenters. The van der Waals surface area contributed by atoms with Gasteiger partial charge in [-0.2, -0.15) is 0 Å². The largest absolute Gasteiger partial charge is 0.328 e. The molecule has 0 unspecified atom stereocenters. The fourth-order valence-electron chi connectivity index (χ4n) is 1.35. The van der Waals surface area contributed by atoms with Crippen molar-refractivity contribution in [2.45, 2.75) is 0 Å². The predicted octanol–water partition coefficient (Wildman–Crippen LogP) is 1.61. The van der Waals surface area contributed by atoms with Gasteiger partial charge in [-0.05, 0) is 12.1 Å². The minimum atomic E-state index is -0.355. The van der Waals surface area contributed by atoms with Crippen LogP contribution in [0.1, 0.15) is 15.9 Å². The van der Waals surface area contributed by atoms with E-state index in [0.29, 0.717) is 5.56 Å². The van der Waals surface area contributed by atoms with Crippen molar-refractivity contribution in [3.05, 3.63) is 70.1 Å². The zero-order chi connectivity index (χ0) is 10.7. The number of carbonyl (C=O) groups is 1. The van der Waals surface area contributed by atoms with Crippen LogP contribution >= 0.6 is 0 Å². The van der Waals surface area contributed by atoms with Crippen molar-refractivity contribution in [3.8, 4) is 0 Å². The van der Waals surface area contributed by atoms with Gasteiger partial charge in [0.15, 0.2) is 5.78 Å². The fourth-order valence-corrected chi connectivity index (χ4v) is 1.35. The first kappa shape index (κ1) is 9.40. The lowest BCUT2D eigenvalue weighted by molar-refractivity contribution is 0.103. The molecule has 1 aromatic carbocycles. The van der Waals surface area contributed by atoms with Crippen LogP contribution in [-0.2, 0) is 0 Å². The number of rotatable bonds is 2. The molecule has 0 fully saturated rings. The second-order valence-electron chi connectivity index (χ2n) is 3.11. The van der Waals surface area contributed by atoms with Crippen molar-refractivity contribution in [2.75, 3.05) is 0 Å². The Morgan fingerprint density at radius 3 is 2.40 bits per heavy atom. The monoisotopic (exact) mass is 199 g/mol. The lowest BCUT2D eigenvalue weighted by Gasteiger charge is -1.98. The van der Waals surface area contributed by atoms with Crippen molar-refractivity contribution >= 4 is 5.78 Å². The molecule has 2 aromatic rings. The number of nitrogens with one attached hydrogen (secondary N) is 1. The molecular weight excluding hydrogens is 190 g/mol. The van der Waals surface area contributed by atoms with E-state index < -0.39 is 0 Å². The second-order valence-corrected chi connectivity index (χ2v) is 3.11. The van der Waals surface area contributed by atoms with Crippen LogP contribution in [0.4, 0.5) is 0 Å². The van der Waals surface area contributed by atoms with E-state index in [1.807, 2.05) is 6.07 Å². The van der Waals surface area contributed by atoms with E-state index in [9.17, 15) is 9.59 Å². The molecule has 2 rings (SSSR count). The van der Waals surface area contributed by atoms with Crippen LogP contribution in [0.15, 0.2) is 53.5 Å². The van der Waals surface area contributed by atoms with Crippen LogP contribution in [0, 0.1) is 0 Å². The summed E-state index contributed by atoms with van der Waals surface area (Å²) in [6.07, 6.45) is 1.50. The van der Waals surface area contributed by atoms with E-state index in [4.69, 9.17) is 0 Å². The molecule has 3 nitrogen and oxygen atoms in total. The smallest absolute Gasteiger partial charge is 0.259 e. The van der Waals surface area contributed by atoms with E-state index in [2.05, 4.69) is 4.98 Å². The van der Waals surface area contributed by atoms with Gasteiger partial charge in [0.1, 0.15) is 0 Å². The van der Waals surface area contributed by atoms with Crippen molar-refractivity contribution in [3.63, 3.8) is 0 Å². The van der Waals surface area contributed by atoms with Crippen LogP contribution in [0.3, 0.4) is 0 Å². The number of pyridine rings is 1. The van der Waals surface area contributed by atoms with E-state index in [1.165, 1.54) is 12.3 Å². The fraction of sp³-hybridized carbons (Fsp3) is 0. The molecule has 0 saturated heterocycles. The van der Waals surface area contributed by atoms with Gasteiger partial charge in [-0.25, -0.2) is 0 Å². The molecule has 1 heterocycles. The summed E-state index contributed by atoms with van der Waals surface area (Å²) in [4.78, 5) is 25.7. The average Bonchev–Trinajstić information content (AvgIpc) is 2.30. The Hall–Kier alpha value is -2.16. The predicted molar refractivity (Wildman–Crippen MR) is 56.9 cm³/mol. The van der Waals surface area contributed by atoms with Crippen molar-refractivity contribution in [1.29, 1.82) is 0 Å². The summed E-state index contributed by atoms with van der Waals surface area (Å²) >= 11 is 0. The van der Waals surface area contributed by atoms with Crippen molar-refractivity contribution in [2.24, 2.45) is 0 Å². The van der Waals surface area contributed by atoms with Gasteiger partial charge in [-0.15, -0.1) is 0 Å². The van der Waals surface area contributed by atoms with Gasteiger partial charge in [-0.3, -0.25) is 9.59 Å². The molecule has 0 spiro atoms. The first-order valence-corrected chi connectivity index (χ1v) is 4.56. The lowest BCUT2D eigenvalue weighted by Crippen LogP contribution is -2.17. The summed E-state index contributed by atoms with van der Waals surface area (Å²) in [5.41, 5.74) is 0.337. The normalized spacial score (nSPS) is 9.87. The third-order valence-corrected chi connectivity index (χ3v) is 2.10. The summed E-state index contributed by atoms with van der Waals surface area (Å²) in [5, 5.41) is 0. The number of hydrogen-bond acceptors (Lipinski definition) is 2. The summed E-state index contributed by atoms with van der Waals surface area (Å²) < 4.78 is 0. The molecule has 0 aliphatic heterocycles. The maximum atomic E-state index is 11.8. The van der Waals surface area contributed by atoms with E-state index in [1.54, 1.807) is 30.3 Å². The SMILES string of the molecule is O=C(c1ccccc1)c1ccc[nH]c1=O. The third-order valence-electron chi connectivity index (χ3n) is 2.10. The van der Waals surface area contributed by atoms with Gasteiger partial charge in [-0.1, -0.05) is 30.3 Å². The van der Waals surface area contributed by atoms with Crippen LogP contribution < -0.4 is 5.56 Å². The topological polar surface area (TPSA) is 49.9 Å². The highest BCUT2D eigenvalue weighted by Crippen LogP contribution is 2.04. The van der Waals surface area contributed by atoms with E-state index in [-0.39, 0.29) is 16.9 Å². The molecule has 0 amide bonds. The summed E-state index contributed by atoms with van der Waals surface area (Å²) in [6.45, 7) is 0. The van der Waals surface area contributed by atoms with Crippen molar-refractivity contribution in [1.82, 2.24) is 4.98 Å². The quantitative estimate of drug-likeness (QED) is 0.747. The van der Waals surface area contributed by atoms with Gasteiger partial charge < -0.3 is 4.98 Å². The zero-order valence-electron chi connectivity index (χ0n) is 7.94. The molecule has 3 heteroatoms. The first-order valence-electron chi connectivity index (χ1n) is 4.56. The second kappa shape index (κ2) is 3.92. The van der Waals surface area contributed by atoms with Crippen LogP contribution in [-0.4, -0.2) is 10.8 Å². The molecule has 0 radical (unpaired) electrons. The van der Waals surface area contributed by atoms with Gasteiger partial charge in [0, 0.05) is 11.8 Å². The molecule has 0 bridgehead atoms.